The lowest BCUT2D eigenvalue weighted by Gasteiger charge is -2.10. The third-order valence-corrected chi connectivity index (χ3v) is 3.09. The van der Waals surface area contributed by atoms with Crippen LogP contribution in [0.2, 0.25) is 0 Å². The summed E-state index contributed by atoms with van der Waals surface area (Å²) in [6.45, 7) is 4.04. The molecule has 4 heteroatoms. The van der Waals surface area contributed by atoms with E-state index in [1.807, 2.05) is 13.8 Å². The molecule has 0 radical (unpaired) electrons. The van der Waals surface area contributed by atoms with Gasteiger partial charge in [0.15, 0.2) is 0 Å². The highest BCUT2D eigenvalue weighted by Gasteiger charge is 2.32. The molecule has 0 aromatic carbocycles. The van der Waals surface area contributed by atoms with Gasteiger partial charge in [0.2, 0.25) is 5.91 Å². The number of rotatable bonds is 4. The van der Waals surface area contributed by atoms with Crippen LogP contribution in [0.1, 0.15) is 32.3 Å². The van der Waals surface area contributed by atoms with Crippen LogP contribution >= 0.6 is 0 Å². The second-order valence-corrected chi connectivity index (χ2v) is 4.24. The predicted molar refractivity (Wildman–Crippen MR) is 58.5 cm³/mol. The molecular formula is C11H17N3O. The van der Waals surface area contributed by atoms with Crippen molar-refractivity contribution in [2.75, 3.05) is 5.32 Å². The zero-order valence-corrected chi connectivity index (χ0v) is 9.21. The van der Waals surface area contributed by atoms with E-state index in [9.17, 15) is 4.79 Å². The van der Waals surface area contributed by atoms with Crippen LogP contribution in [-0.2, 0) is 11.2 Å². The minimum Gasteiger partial charge on any atom is -0.311 e. The first-order chi connectivity index (χ1) is 7.22. The number of aromatic amines is 1. The summed E-state index contributed by atoms with van der Waals surface area (Å²) < 4.78 is 0. The van der Waals surface area contributed by atoms with Gasteiger partial charge in [0.1, 0.15) is 5.82 Å². The quantitative estimate of drug-likeness (QED) is 0.792. The van der Waals surface area contributed by atoms with E-state index in [0.717, 1.165) is 17.8 Å². The first-order valence-corrected chi connectivity index (χ1v) is 5.55. The van der Waals surface area contributed by atoms with Crippen LogP contribution in [-0.4, -0.2) is 16.1 Å². The summed E-state index contributed by atoms with van der Waals surface area (Å²) in [6, 6.07) is 0. The molecule has 2 rings (SSSR count). The molecule has 1 unspecified atom stereocenters. The van der Waals surface area contributed by atoms with Gasteiger partial charge in [-0.05, 0) is 25.2 Å². The van der Waals surface area contributed by atoms with Gasteiger partial charge in [0, 0.05) is 11.5 Å². The fourth-order valence-electron chi connectivity index (χ4n) is 1.73. The third kappa shape index (κ3) is 2.19. The number of nitrogens with zero attached hydrogens (tertiary/aromatic N) is 1. The summed E-state index contributed by atoms with van der Waals surface area (Å²) in [6.07, 6.45) is 5.03. The molecule has 1 amide bonds. The molecule has 1 saturated carbocycles. The predicted octanol–water partition coefficient (Wildman–Crippen LogP) is 1.96. The highest BCUT2D eigenvalue weighted by Crippen LogP contribution is 2.37. The summed E-state index contributed by atoms with van der Waals surface area (Å²) in [5.74, 6) is 1.59. The van der Waals surface area contributed by atoms with Gasteiger partial charge in [-0.1, -0.05) is 13.8 Å². The topological polar surface area (TPSA) is 57.8 Å². The van der Waals surface area contributed by atoms with E-state index >= 15 is 0 Å². The van der Waals surface area contributed by atoms with Gasteiger partial charge < -0.3 is 5.32 Å². The Kier molecular flexibility index (Phi) is 2.75. The van der Waals surface area contributed by atoms with Gasteiger partial charge in [-0.25, -0.2) is 0 Å². The average Bonchev–Trinajstić information content (AvgIpc) is 2.99. The second-order valence-electron chi connectivity index (χ2n) is 4.24. The van der Waals surface area contributed by atoms with E-state index in [1.165, 1.54) is 12.8 Å². The molecule has 2 N–H and O–H groups in total. The number of H-pyrrole nitrogens is 1. The van der Waals surface area contributed by atoms with Crippen LogP contribution in [0.3, 0.4) is 0 Å². The van der Waals surface area contributed by atoms with E-state index in [4.69, 9.17) is 0 Å². The maximum absolute atomic E-state index is 11.8. The molecule has 1 aromatic rings. The van der Waals surface area contributed by atoms with Gasteiger partial charge >= 0.3 is 0 Å². The van der Waals surface area contributed by atoms with Crippen molar-refractivity contribution < 1.29 is 4.79 Å². The number of amides is 1. The molecule has 1 atom stereocenters. The molecule has 15 heavy (non-hydrogen) atoms. The minimum absolute atomic E-state index is 0.108. The smallest absolute Gasteiger partial charge is 0.228 e. The van der Waals surface area contributed by atoms with Crippen LogP contribution in [0.25, 0.3) is 0 Å². The van der Waals surface area contributed by atoms with Crippen LogP contribution in [0.5, 0.6) is 0 Å². The molecule has 1 aliphatic rings. The van der Waals surface area contributed by atoms with Gasteiger partial charge in [-0.3, -0.25) is 9.89 Å². The largest absolute Gasteiger partial charge is 0.311 e. The zero-order valence-electron chi connectivity index (χ0n) is 9.21. The molecule has 1 fully saturated rings. The molecule has 4 nitrogen and oxygen atoms in total. The van der Waals surface area contributed by atoms with E-state index in [0.29, 0.717) is 5.92 Å². The molecule has 1 aliphatic carbocycles. The third-order valence-electron chi connectivity index (χ3n) is 3.09. The fraction of sp³-hybridized carbons (Fsp3) is 0.636. The first kappa shape index (κ1) is 10.2. The average molecular weight is 207 g/mol. The second kappa shape index (κ2) is 4.04. The van der Waals surface area contributed by atoms with Gasteiger partial charge in [0.05, 0.1) is 6.20 Å². The normalized spacial score (nSPS) is 17.5. The van der Waals surface area contributed by atoms with Crippen LogP contribution in [0, 0.1) is 11.8 Å². The van der Waals surface area contributed by atoms with E-state index < -0.39 is 0 Å². The number of aryl methyl sites for hydroxylation is 1. The highest BCUT2D eigenvalue weighted by atomic mass is 16.2. The number of aromatic nitrogens is 2. The van der Waals surface area contributed by atoms with Crippen LogP contribution in [0.4, 0.5) is 5.82 Å². The van der Waals surface area contributed by atoms with E-state index in [2.05, 4.69) is 15.5 Å². The first-order valence-electron chi connectivity index (χ1n) is 5.55. The molecule has 0 bridgehead atoms. The van der Waals surface area contributed by atoms with Crippen molar-refractivity contribution in [2.24, 2.45) is 11.8 Å². The van der Waals surface area contributed by atoms with Gasteiger partial charge in [-0.2, -0.15) is 5.10 Å². The number of carbonyl (C=O) groups excluding carboxylic acids is 1. The summed E-state index contributed by atoms with van der Waals surface area (Å²) in [5.41, 5.74) is 1.06. The number of nitrogens with one attached hydrogen (secondary N) is 2. The Morgan fingerprint density at radius 1 is 1.73 bits per heavy atom. The minimum atomic E-state index is 0.108. The van der Waals surface area contributed by atoms with Crippen molar-refractivity contribution in [2.45, 2.75) is 33.1 Å². The molecule has 82 valence electrons. The summed E-state index contributed by atoms with van der Waals surface area (Å²) in [7, 11) is 0. The SMILES string of the molecule is CCc1cn[nH]c1NC(=O)C(C)C1CC1. The summed E-state index contributed by atoms with van der Waals surface area (Å²) in [5, 5.41) is 9.65. The van der Waals surface area contributed by atoms with Crippen molar-refractivity contribution in [1.29, 1.82) is 0 Å². The Morgan fingerprint density at radius 3 is 3.07 bits per heavy atom. The van der Waals surface area contributed by atoms with Gasteiger partial charge in [0.25, 0.3) is 0 Å². The molecular weight excluding hydrogens is 190 g/mol. The van der Waals surface area contributed by atoms with Gasteiger partial charge in [-0.15, -0.1) is 0 Å². The molecule has 1 aromatic heterocycles. The maximum Gasteiger partial charge on any atom is 0.228 e. The number of carbonyl (C=O) groups is 1. The highest BCUT2D eigenvalue weighted by molar-refractivity contribution is 5.92. The molecule has 1 heterocycles. The molecule has 0 spiro atoms. The lowest BCUT2D eigenvalue weighted by atomic mass is 10.1. The van der Waals surface area contributed by atoms with Crippen molar-refractivity contribution in [3.63, 3.8) is 0 Å². The summed E-state index contributed by atoms with van der Waals surface area (Å²) in [4.78, 5) is 11.8. The fourth-order valence-corrected chi connectivity index (χ4v) is 1.73. The van der Waals surface area contributed by atoms with Crippen LogP contribution in [0.15, 0.2) is 6.20 Å². The van der Waals surface area contributed by atoms with E-state index in [-0.39, 0.29) is 11.8 Å². The molecule has 0 aliphatic heterocycles. The Labute approximate surface area is 89.5 Å². The van der Waals surface area contributed by atoms with Crippen molar-refractivity contribution in [3.8, 4) is 0 Å². The standard InChI is InChI=1S/C11H17N3O/c1-3-8-6-12-14-10(8)13-11(15)7(2)9-4-5-9/h6-7,9H,3-5H2,1-2H3,(H2,12,13,14,15). The summed E-state index contributed by atoms with van der Waals surface area (Å²) >= 11 is 0. The van der Waals surface area contributed by atoms with Crippen molar-refractivity contribution in [1.82, 2.24) is 10.2 Å². The Bertz CT molecular complexity index is 354. The number of hydrogen-bond donors (Lipinski definition) is 2. The maximum atomic E-state index is 11.8. The number of hydrogen-bond acceptors (Lipinski definition) is 2. The zero-order chi connectivity index (χ0) is 10.8. The Morgan fingerprint density at radius 2 is 2.47 bits per heavy atom. The van der Waals surface area contributed by atoms with Crippen LogP contribution < -0.4 is 5.32 Å². The lowest BCUT2D eigenvalue weighted by molar-refractivity contribution is -0.119. The monoisotopic (exact) mass is 207 g/mol. The van der Waals surface area contributed by atoms with E-state index in [1.54, 1.807) is 6.20 Å². The Balaban J connectivity index is 1.98. The molecule has 0 saturated heterocycles. The van der Waals surface area contributed by atoms with Crippen molar-refractivity contribution >= 4 is 11.7 Å². The lowest BCUT2D eigenvalue weighted by Crippen LogP contribution is -2.22. The number of anilines is 1. The Hall–Kier alpha value is -1.32. The van der Waals surface area contributed by atoms with Crippen molar-refractivity contribution in [3.05, 3.63) is 11.8 Å².